The van der Waals surface area contributed by atoms with Crippen molar-refractivity contribution in [3.63, 3.8) is 0 Å². The lowest BCUT2D eigenvalue weighted by molar-refractivity contribution is -0.121. The minimum atomic E-state index is -2.50. The molecule has 0 aliphatic carbocycles. The summed E-state index contributed by atoms with van der Waals surface area (Å²) >= 11 is -2.50. The number of fused-ring (bicyclic) bond motifs is 1. The van der Waals surface area contributed by atoms with Crippen molar-refractivity contribution >= 4 is 34.0 Å². The van der Waals surface area contributed by atoms with E-state index in [-0.39, 0.29) is 36.8 Å². The lowest BCUT2D eigenvalue weighted by atomic mass is 9.93. The number of nitrogens with zero attached hydrogens (tertiary/aromatic N) is 4. The van der Waals surface area contributed by atoms with Gasteiger partial charge in [-0.15, -0.1) is 10.2 Å². The summed E-state index contributed by atoms with van der Waals surface area (Å²) in [5.74, 6) is 0.215. The molecule has 1 amide bonds. The maximum atomic E-state index is 12.4. The Hall–Kier alpha value is -3.12. The lowest BCUT2D eigenvalue weighted by Gasteiger charge is -2.38. The van der Waals surface area contributed by atoms with E-state index in [1.54, 1.807) is 0 Å². The highest BCUT2D eigenvalue weighted by atomic mass is 32.2. The lowest BCUT2D eigenvalue weighted by Crippen LogP contribution is -2.43. The van der Waals surface area contributed by atoms with Crippen LogP contribution in [0, 0.1) is 5.92 Å². The van der Waals surface area contributed by atoms with E-state index in [4.69, 9.17) is 9.15 Å². The van der Waals surface area contributed by atoms with Gasteiger partial charge in [-0.3, -0.25) is 13.9 Å². The van der Waals surface area contributed by atoms with Gasteiger partial charge in [0, 0.05) is 29.9 Å². The van der Waals surface area contributed by atoms with Crippen LogP contribution in [0.1, 0.15) is 43.2 Å². The summed E-state index contributed by atoms with van der Waals surface area (Å²) in [6.07, 6.45) is 4.62. The SMILES string of the molecule is CO/C=C/c1nnc(CNC(=O)CN(CC2CCN(C(C)c3cccc4ccccc34)CC2)S(=O)[O-])o1. The van der Waals surface area contributed by atoms with E-state index in [0.717, 1.165) is 25.9 Å². The smallest absolute Gasteiger partial charge is 0.243 e. The number of methoxy groups -OCH3 is 1. The first-order valence-electron chi connectivity index (χ1n) is 12.3. The van der Waals surface area contributed by atoms with Crippen LogP contribution in [0.15, 0.2) is 53.1 Å². The van der Waals surface area contributed by atoms with Crippen LogP contribution < -0.4 is 5.32 Å². The van der Waals surface area contributed by atoms with Crippen molar-refractivity contribution in [2.24, 2.45) is 5.92 Å². The fourth-order valence-electron chi connectivity index (χ4n) is 4.72. The van der Waals surface area contributed by atoms with Crippen molar-refractivity contribution in [3.8, 4) is 0 Å². The zero-order valence-electron chi connectivity index (χ0n) is 21.0. The molecule has 1 aliphatic rings. The molecule has 1 aliphatic heterocycles. The Labute approximate surface area is 219 Å². The maximum Gasteiger partial charge on any atom is 0.243 e. The van der Waals surface area contributed by atoms with Crippen molar-refractivity contribution < 1.29 is 22.7 Å². The van der Waals surface area contributed by atoms with Gasteiger partial charge in [0.1, 0.15) is 0 Å². The molecule has 2 unspecified atom stereocenters. The number of likely N-dealkylation sites (tertiary alicyclic amines) is 1. The van der Waals surface area contributed by atoms with Crippen LogP contribution in [0.25, 0.3) is 16.8 Å². The number of benzene rings is 2. The van der Waals surface area contributed by atoms with E-state index >= 15 is 0 Å². The molecule has 11 heteroatoms. The van der Waals surface area contributed by atoms with Gasteiger partial charge in [-0.2, -0.15) is 0 Å². The Morgan fingerprint density at radius 1 is 1.27 bits per heavy atom. The van der Waals surface area contributed by atoms with Crippen molar-refractivity contribution in [2.75, 3.05) is 33.3 Å². The summed E-state index contributed by atoms with van der Waals surface area (Å²) in [7, 11) is 1.50. The van der Waals surface area contributed by atoms with Gasteiger partial charge in [0.05, 0.1) is 26.5 Å². The topological polar surface area (TPSA) is 124 Å². The molecule has 10 nitrogen and oxygen atoms in total. The van der Waals surface area contributed by atoms with Crippen LogP contribution >= 0.6 is 0 Å². The highest BCUT2D eigenvalue weighted by Gasteiger charge is 2.26. The number of aromatic nitrogens is 2. The van der Waals surface area contributed by atoms with Crippen LogP contribution in [0.2, 0.25) is 0 Å². The van der Waals surface area contributed by atoms with Gasteiger partial charge in [-0.25, -0.2) is 4.31 Å². The zero-order chi connectivity index (χ0) is 26.2. The Kier molecular flexibility index (Phi) is 9.40. The fourth-order valence-corrected chi connectivity index (χ4v) is 5.28. The largest absolute Gasteiger partial charge is 0.760 e. The minimum absolute atomic E-state index is 0.0103. The second-order valence-electron chi connectivity index (χ2n) is 9.11. The molecule has 2 heterocycles. The molecular weight excluding hydrogens is 494 g/mol. The van der Waals surface area contributed by atoms with E-state index in [9.17, 15) is 13.6 Å². The number of carbonyl (C=O) groups is 1. The van der Waals surface area contributed by atoms with E-state index in [0.29, 0.717) is 6.54 Å². The summed E-state index contributed by atoms with van der Waals surface area (Å²) < 4.78 is 35.0. The van der Waals surface area contributed by atoms with Crippen molar-refractivity contribution in [1.82, 2.24) is 24.7 Å². The predicted octanol–water partition coefficient (Wildman–Crippen LogP) is 3.03. The molecule has 3 aromatic rings. The van der Waals surface area contributed by atoms with E-state index in [1.807, 2.05) is 0 Å². The summed E-state index contributed by atoms with van der Waals surface area (Å²) in [5.41, 5.74) is 1.30. The average Bonchev–Trinajstić information content (AvgIpc) is 3.38. The molecule has 0 saturated carbocycles. The Bertz CT molecular complexity index is 1240. The number of nitrogens with one attached hydrogen (secondary N) is 1. The van der Waals surface area contributed by atoms with E-state index in [1.165, 1.54) is 40.1 Å². The molecule has 1 fully saturated rings. The molecular formula is C26H32N5O5S-. The molecule has 2 aromatic carbocycles. The van der Waals surface area contributed by atoms with Gasteiger partial charge in [0.2, 0.25) is 17.7 Å². The standard InChI is InChI=1S/C26H33N5O5S/c1-19(22-9-5-7-21-6-3-4-8-23(21)22)30-13-10-20(11-14-30)17-31(37(33)34)18-24(32)27-16-26-29-28-25(36-26)12-15-35-2/h3-9,12,15,19-20H,10-11,13-14,16-18H2,1-2H3,(H,27,32)(H,33,34)/p-1/b15-12+. The number of hydrogen-bond acceptors (Lipinski definition) is 8. The van der Waals surface area contributed by atoms with Gasteiger partial charge in [0.25, 0.3) is 0 Å². The average molecular weight is 527 g/mol. The molecule has 37 heavy (non-hydrogen) atoms. The normalized spacial score (nSPS) is 16.9. The maximum absolute atomic E-state index is 12.4. The van der Waals surface area contributed by atoms with Gasteiger partial charge in [-0.05, 0) is 55.1 Å². The minimum Gasteiger partial charge on any atom is -0.760 e. The van der Waals surface area contributed by atoms with Crippen LogP contribution in [-0.2, 0) is 27.3 Å². The molecule has 2 atom stereocenters. The first-order valence-corrected chi connectivity index (χ1v) is 13.3. The molecule has 0 spiro atoms. The second-order valence-corrected chi connectivity index (χ2v) is 10.1. The first-order chi connectivity index (χ1) is 17.9. The van der Waals surface area contributed by atoms with E-state index in [2.05, 4.69) is 69.8 Å². The highest BCUT2D eigenvalue weighted by Crippen LogP contribution is 2.31. The predicted molar refractivity (Wildman–Crippen MR) is 139 cm³/mol. The number of ether oxygens (including phenoxy) is 1. The molecule has 1 saturated heterocycles. The summed E-state index contributed by atoms with van der Waals surface area (Å²) in [4.78, 5) is 14.8. The monoisotopic (exact) mass is 526 g/mol. The zero-order valence-corrected chi connectivity index (χ0v) is 21.9. The fraction of sp³-hybridized carbons (Fsp3) is 0.423. The van der Waals surface area contributed by atoms with Crippen LogP contribution in [-0.4, -0.2) is 67.4 Å². The van der Waals surface area contributed by atoms with Crippen molar-refractivity contribution in [3.05, 3.63) is 66.1 Å². The molecule has 198 valence electrons. The van der Waals surface area contributed by atoms with Crippen LogP contribution in [0.4, 0.5) is 0 Å². The third-order valence-electron chi connectivity index (χ3n) is 6.73. The Morgan fingerprint density at radius 3 is 2.78 bits per heavy atom. The van der Waals surface area contributed by atoms with Crippen LogP contribution in [0.5, 0.6) is 0 Å². The number of hydrogen-bond donors (Lipinski definition) is 1. The number of amides is 1. The second kappa shape index (κ2) is 12.9. The van der Waals surface area contributed by atoms with Gasteiger partial charge >= 0.3 is 0 Å². The van der Waals surface area contributed by atoms with Crippen molar-refractivity contribution in [1.29, 1.82) is 0 Å². The van der Waals surface area contributed by atoms with Gasteiger partial charge in [-0.1, -0.05) is 42.5 Å². The number of piperidine rings is 1. The molecule has 4 rings (SSSR count). The Balaban J connectivity index is 1.26. The van der Waals surface area contributed by atoms with Crippen molar-refractivity contribution in [2.45, 2.75) is 32.4 Å². The van der Waals surface area contributed by atoms with Gasteiger partial charge < -0.3 is 19.0 Å². The third kappa shape index (κ3) is 7.22. The Morgan fingerprint density at radius 2 is 2.03 bits per heavy atom. The quantitative estimate of drug-likeness (QED) is 0.299. The number of rotatable bonds is 11. The summed E-state index contributed by atoms with van der Waals surface area (Å²) in [5, 5.41) is 12.8. The highest BCUT2D eigenvalue weighted by molar-refractivity contribution is 7.76. The number of carbonyl (C=O) groups excluding carboxylic acids is 1. The first kappa shape index (κ1) is 26.9. The molecule has 1 aromatic heterocycles. The summed E-state index contributed by atoms with van der Waals surface area (Å²) in [6, 6.07) is 15.1. The molecule has 0 bridgehead atoms. The van der Waals surface area contributed by atoms with E-state index < -0.39 is 17.2 Å². The van der Waals surface area contributed by atoms with Gasteiger partial charge in [0.15, 0.2) is 0 Å². The van der Waals surface area contributed by atoms with Crippen LogP contribution in [0.3, 0.4) is 0 Å². The molecule has 1 N–H and O–H groups in total. The molecule has 0 radical (unpaired) electrons. The third-order valence-corrected chi connectivity index (χ3v) is 7.43. The summed E-state index contributed by atoms with van der Waals surface area (Å²) in [6.45, 7) is 4.04.